The van der Waals surface area contributed by atoms with E-state index in [9.17, 15) is 0 Å². The van der Waals surface area contributed by atoms with Gasteiger partial charge in [-0.1, -0.05) is 67.9 Å². The van der Waals surface area contributed by atoms with Gasteiger partial charge in [-0.25, -0.2) is 4.98 Å². The summed E-state index contributed by atoms with van der Waals surface area (Å²) in [4.78, 5) is 8.98. The Bertz CT molecular complexity index is 921. The first-order valence-electron chi connectivity index (χ1n) is 9.57. The van der Waals surface area contributed by atoms with Crippen molar-refractivity contribution in [3.63, 3.8) is 0 Å². The number of hydrogen-bond acceptors (Lipinski definition) is 5. The molecule has 0 saturated heterocycles. The minimum absolute atomic E-state index is 0.490. The van der Waals surface area contributed by atoms with E-state index in [0.717, 1.165) is 23.3 Å². The molecule has 0 fully saturated rings. The molecule has 3 aromatic rings. The zero-order chi connectivity index (χ0) is 19.8. The van der Waals surface area contributed by atoms with Crippen molar-refractivity contribution < 1.29 is 4.74 Å². The van der Waals surface area contributed by atoms with E-state index in [2.05, 4.69) is 51.7 Å². The van der Waals surface area contributed by atoms with Crippen LogP contribution in [-0.4, -0.2) is 22.8 Å². The number of nitrogens with zero attached hydrogens (tertiary/aromatic N) is 3. The van der Waals surface area contributed by atoms with Crippen LogP contribution in [0.25, 0.3) is 11.4 Å². The molecule has 28 heavy (non-hydrogen) atoms. The fraction of sp³-hybridized carbons (Fsp3) is 0.261. The first kappa shape index (κ1) is 19.5. The molecule has 0 bridgehead atoms. The topological polar surface area (TPSA) is 59.4 Å². The van der Waals surface area contributed by atoms with Crippen molar-refractivity contribution in [2.24, 2.45) is 5.10 Å². The van der Waals surface area contributed by atoms with Gasteiger partial charge >= 0.3 is 0 Å². The molecule has 0 aliphatic heterocycles. The zero-order valence-electron chi connectivity index (χ0n) is 16.6. The lowest BCUT2D eigenvalue weighted by Gasteiger charge is -2.08. The highest BCUT2D eigenvalue weighted by Gasteiger charge is 2.07. The van der Waals surface area contributed by atoms with Crippen molar-refractivity contribution in [3.05, 3.63) is 71.8 Å². The van der Waals surface area contributed by atoms with Crippen LogP contribution in [0.5, 0.6) is 5.88 Å². The second-order valence-electron chi connectivity index (χ2n) is 6.59. The third kappa shape index (κ3) is 5.16. The molecule has 1 aromatic heterocycles. The first-order chi connectivity index (χ1) is 13.7. The molecule has 0 unspecified atom stereocenters. The average molecular weight is 374 g/mol. The Kier molecular flexibility index (Phi) is 6.73. The van der Waals surface area contributed by atoms with E-state index >= 15 is 0 Å². The number of hydrazone groups is 1. The SMILES string of the molecule is CCCCc1ccc(/C(C)=N/Nc2cc(OC)nc(-c3ccccc3)n2)cc1. The third-order valence-electron chi connectivity index (χ3n) is 4.47. The van der Waals surface area contributed by atoms with Gasteiger partial charge in [0.05, 0.1) is 12.8 Å². The standard InChI is InChI=1S/C23H26N4O/c1-4-5-9-18-12-14-19(15-13-18)17(2)26-27-21-16-22(28-3)25-23(24-21)20-10-7-6-8-11-20/h6-8,10-16H,4-5,9H2,1-3H3,(H,24,25,27)/b26-17+. The Labute approximate surface area is 166 Å². The molecule has 0 radical (unpaired) electrons. The quantitative estimate of drug-likeness (QED) is 0.427. The van der Waals surface area contributed by atoms with Crippen LogP contribution in [0.1, 0.15) is 37.8 Å². The molecular weight excluding hydrogens is 348 g/mol. The van der Waals surface area contributed by atoms with E-state index in [-0.39, 0.29) is 0 Å². The number of methoxy groups -OCH3 is 1. The predicted molar refractivity (Wildman–Crippen MR) is 115 cm³/mol. The highest BCUT2D eigenvalue weighted by Crippen LogP contribution is 2.21. The summed E-state index contributed by atoms with van der Waals surface area (Å²) in [5.41, 5.74) is 7.29. The molecule has 5 heteroatoms. The van der Waals surface area contributed by atoms with Crippen LogP contribution in [0.15, 0.2) is 65.8 Å². The van der Waals surface area contributed by atoms with Crippen LogP contribution in [0.2, 0.25) is 0 Å². The summed E-state index contributed by atoms with van der Waals surface area (Å²) < 4.78 is 5.31. The van der Waals surface area contributed by atoms with Gasteiger partial charge in [0.15, 0.2) is 11.6 Å². The number of aromatic nitrogens is 2. The zero-order valence-corrected chi connectivity index (χ0v) is 16.6. The van der Waals surface area contributed by atoms with Gasteiger partial charge in [0.2, 0.25) is 5.88 Å². The van der Waals surface area contributed by atoms with E-state index in [1.54, 1.807) is 13.2 Å². The summed E-state index contributed by atoms with van der Waals surface area (Å²) in [5.74, 6) is 1.67. The summed E-state index contributed by atoms with van der Waals surface area (Å²) >= 11 is 0. The molecule has 0 spiro atoms. The van der Waals surface area contributed by atoms with Gasteiger partial charge in [-0.3, -0.25) is 5.43 Å². The van der Waals surface area contributed by atoms with Gasteiger partial charge < -0.3 is 4.74 Å². The molecule has 5 nitrogen and oxygen atoms in total. The van der Waals surface area contributed by atoms with Crippen molar-refractivity contribution in [1.82, 2.24) is 9.97 Å². The van der Waals surface area contributed by atoms with E-state index in [4.69, 9.17) is 4.74 Å². The van der Waals surface area contributed by atoms with E-state index in [1.165, 1.54) is 18.4 Å². The van der Waals surface area contributed by atoms with Crippen molar-refractivity contribution in [3.8, 4) is 17.3 Å². The molecule has 2 aromatic carbocycles. The Morgan fingerprint density at radius 1 is 1.04 bits per heavy atom. The van der Waals surface area contributed by atoms with Gasteiger partial charge in [-0.05, 0) is 30.9 Å². The molecule has 0 amide bonds. The molecule has 3 rings (SSSR count). The van der Waals surface area contributed by atoms with Crippen LogP contribution in [-0.2, 0) is 6.42 Å². The van der Waals surface area contributed by atoms with Crippen molar-refractivity contribution in [2.45, 2.75) is 33.1 Å². The fourth-order valence-electron chi connectivity index (χ4n) is 2.80. The molecule has 0 aliphatic rings. The maximum absolute atomic E-state index is 5.31. The summed E-state index contributed by atoms with van der Waals surface area (Å²) in [6.45, 7) is 4.19. The van der Waals surface area contributed by atoms with E-state index in [0.29, 0.717) is 17.5 Å². The van der Waals surface area contributed by atoms with Crippen LogP contribution < -0.4 is 10.2 Å². The van der Waals surface area contributed by atoms with Gasteiger partial charge in [-0.15, -0.1) is 0 Å². The number of rotatable bonds is 8. The second kappa shape index (κ2) is 9.65. The lowest BCUT2D eigenvalue weighted by Crippen LogP contribution is -2.03. The largest absolute Gasteiger partial charge is 0.481 e. The van der Waals surface area contributed by atoms with Crippen LogP contribution in [0, 0.1) is 0 Å². The van der Waals surface area contributed by atoms with E-state index < -0.39 is 0 Å². The smallest absolute Gasteiger partial charge is 0.218 e. The van der Waals surface area contributed by atoms with Crippen molar-refractivity contribution in [2.75, 3.05) is 12.5 Å². The molecule has 1 heterocycles. The van der Waals surface area contributed by atoms with Crippen LogP contribution >= 0.6 is 0 Å². The lowest BCUT2D eigenvalue weighted by molar-refractivity contribution is 0.398. The Morgan fingerprint density at radius 3 is 2.46 bits per heavy atom. The molecule has 0 saturated carbocycles. The fourth-order valence-corrected chi connectivity index (χ4v) is 2.80. The average Bonchev–Trinajstić information content (AvgIpc) is 2.76. The molecule has 0 atom stereocenters. The summed E-state index contributed by atoms with van der Waals surface area (Å²) in [6, 6.07) is 20.1. The molecular formula is C23H26N4O. The maximum atomic E-state index is 5.31. The third-order valence-corrected chi connectivity index (χ3v) is 4.47. The van der Waals surface area contributed by atoms with Gasteiger partial charge in [0, 0.05) is 11.6 Å². The normalized spacial score (nSPS) is 11.3. The van der Waals surface area contributed by atoms with Crippen LogP contribution in [0.4, 0.5) is 5.82 Å². The number of nitrogens with one attached hydrogen (secondary N) is 1. The number of hydrogen-bond donors (Lipinski definition) is 1. The number of aryl methyl sites for hydroxylation is 1. The van der Waals surface area contributed by atoms with Gasteiger partial charge in [-0.2, -0.15) is 10.1 Å². The van der Waals surface area contributed by atoms with E-state index in [1.807, 2.05) is 37.3 Å². The highest BCUT2D eigenvalue weighted by molar-refractivity contribution is 5.99. The van der Waals surface area contributed by atoms with Gasteiger partial charge in [0.25, 0.3) is 0 Å². The summed E-state index contributed by atoms with van der Waals surface area (Å²) in [5, 5.41) is 4.49. The second-order valence-corrected chi connectivity index (χ2v) is 6.59. The van der Waals surface area contributed by atoms with Crippen molar-refractivity contribution in [1.29, 1.82) is 0 Å². The number of ether oxygens (including phenoxy) is 1. The lowest BCUT2D eigenvalue weighted by atomic mass is 10.0. The number of benzene rings is 2. The predicted octanol–water partition coefficient (Wildman–Crippen LogP) is 5.33. The van der Waals surface area contributed by atoms with Crippen molar-refractivity contribution >= 4 is 11.5 Å². The van der Waals surface area contributed by atoms with Gasteiger partial charge in [0.1, 0.15) is 0 Å². The minimum atomic E-state index is 0.490. The molecule has 144 valence electrons. The minimum Gasteiger partial charge on any atom is -0.481 e. The number of unbranched alkanes of at least 4 members (excludes halogenated alkanes) is 1. The molecule has 0 aliphatic carbocycles. The Balaban J connectivity index is 1.77. The maximum Gasteiger partial charge on any atom is 0.218 e. The number of anilines is 1. The Hall–Kier alpha value is -3.21. The summed E-state index contributed by atoms with van der Waals surface area (Å²) in [7, 11) is 1.59. The van der Waals surface area contributed by atoms with Crippen LogP contribution in [0.3, 0.4) is 0 Å². The first-order valence-corrected chi connectivity index (χ1v) is 9.57. The highest BCUT2D eigenvalue weighted by atomic mass is 16.5. The summed E-state index contributed by atoms with van der Waals surface area (Å²) in [6.07, 6.45) is 3.54. The Morgan fingerprint density at radius 2 is 1.79 bits per heavy atom. The monoisotopic (exact) mass is 374 g/mol. The molecule has 1 N–H and O–H groups in total.